The first-order valence-corrected chi connectivity index (χ1v) is 8.13. The van der Waals surface area contributed by atoms with E-state index in [1.54, 1.807) is 12.4 Å². The quantitative estimate of drug-likeness (QED) is 0.520. The number of aryl methyl sites for hydroxylation is 1. The molecule has 5 nitrogen and oxygen atoms in total. The van der Waals surface area contributed by atoms with Gasteiger partial charge in [-0.3, -0.25) is 14.4 Å². The summed E-state index contributed by atoms with van der Waals surface area (Å²) in [5.41, 5.74) is 5.00. The van der Waals surface area contributed by atoms with E-state index >= 15 is 0 Å². The highest BCUT2D eigenvalue weighted by Gasteiger charge is 2.12. The molecule has 0 saturated heterocycles. The van der Waals surface area contributed by atoms with E-state index < -0.39 is 0 Å². The Morgan fingerprint density at radius 3 is 2.80 bits per heavy atom. The summed E-state index contributed by atoms with van der Waals surface area (Å²) in [5, 5.41) is 5.62. The first kappa shape index (κ1) is 13.9. The highest BCUT2D eigenvalue weighted by molar-refractivity contribution is 5.98. The topological polar surface area (TPSA) is 55.1 Å². The van der Waals surface area contributed by atoms with Crippen molar-refractivity contribution in [1.29, 1.82) is 0 Å². The van der Waals surface area contributed by atoms with Gasteiger partial charge in [0.1, 0.15) is 11.5 Å². The zero-order valence-corrected chi connectivity index (χ0v) is 13.6. The molecule has 4 aromatic heterocycles. The van der Waals surface area contributed by atoms with Gasteiger partial charge >= 0.3 is 0 Å². The van der Waals surface area contributed by atoms with Gasteiger partial charge < -0.3 is 5.32 Å². The first-order chi connectivity index (χ1) is 12.3. The third kappa shape index (κ3) is 2.21. The smallest absolute Gasteiger partial charge is 0.142 e. The van der Waals surface area contributed by atoms with Crippen LogP contribution in [-0.4, -0.2) is 19.4 Å². The number of nitrogens with one attached hydrogen (secondary N) is 1. The molecule has 0 aliphatic heterocycles. The van der Waals surface area contributed by atoms with Crippen LogP contribution in [-0.2, 0) is 0 Å². The molecular weight excluding hydrogens is 310 g/mol. The van der Waals surface area contributed by atoms with E-state index in [1.807, 2.05) is 43.5 Å². The molecule has 4 heterocycles. The fraction of sp³-hybridized carbons (Fsp3) is 0.0500. The van der Waals surface area contributed by atoms with Crippen LogP contribution in [0.5, 0.6) is 0 Å². The molecule has 120 valence electrons. The zero-order valence-electron chi connectivity index (χ0n) is 13.6. The lowest BCUT2D eigenvalue weighted by Crippen LogP contribution is -2.00. The van der Waals surface area contributed by atoms with E-state index in [1.165, 1.54) is 0 Å². The fourth-order valence-electron chi connectivity index (χ4n) is 3.27. The Morgan fingerprint density at radius 1 is 0.960 bits per heavy atom. The molecule has 5 heteroatoms. The van der Waals surface area contributed by atoms with Crippen LogP contribution in [0.25, 0.3) is 27.5 Å². The van der Waals surface area contributed by atoms with E-state index in [0.717, 1.165) is 44.7 Å². The molecule has 1 N–H and O–H groups in total. The van der Waals surface area contributed by atoms with Crippen molar-refractivity contribution in [2.24, 2.45) is 0 Å². The third-order valence-corrected chi connectivity index (χ3v) is 4.37. The van der Waals surface area contributed by atoms with Crippen LogP contribution >= 0.6 is 0 Å². The minimum atomic E-state index is 0.818. The van der Waals surface area contributed by atoms with Crippen molar-refractivity contribution in [3.05, 3.63) is 72.8 Å². The lowest BCUT2D eigenvalue weighted by atomic mass is 10.2. The molecule has 0 amide bonds. The molecule has 0 atom stereocenters. The summed E-state index contributed by atoms with van der Waals surface area (Å²) in [6.07, 6.45) is 5.48. The second-order valence-electron chi connectivity index (χ2n) is 6.06. The number of hydrogen-bond donors (Lipinski definition) is 1. The summed E-state index contributed by atoms with van der Waals surface area (Å²) in [6, 6.07) is 16.3. The van der Waals surface area contributed by atoms with E-state index in [9.17, 15) is 0 Å². The van der Waals surface area contributed by atoms with Gasteiger partial charge in [0.2, 0.25) is 0 Å². The molecule has 0 fully saturated rings. The fourth-order valence-corrected chi connectivity index (χ4v) is 3.27. The summed E-state index contributed by atoms with van der Waals surface area (Å²) in [4.78, 5) is 13.4. The minimum Gasteiger partial charge on any atom is -0.339 e. The van der Waals surface area contributed by atoms with Crippen LogP contribution in [0, 0.1) is 6.92 Å². The van der Waals surface area contributed by atoms with Crippen molar-refractivity contribution in [2.75, 3.05) is 5.32 Å². The first-order valence-electron chi connectivity index (χ1n) is 8.13. The van der Waals surface area contributed by atoms with Crippen LogP contribution in [0.15, 0.2) is 67.1 Å². The Labute approximate surface area is 144 Å². The highest BCUT2D eigenvalue weighted by Crippen LogP contribution is 2.29. The number of benzene rings is 1. The summed E-state index contributed by atoms with van der Waals surface area (Å²) < 4.78 is 2.15. The molecule has 0 aliphatic rings. The maximum absolute atomic E-state index is 4.87. The Morgan fingerprint density at radius 2 is 1.88 bits per heavy atom. The maximum atomic E-state index is 4.87. The van der Waals surface area contributed by atoms with E-state index in [4.69, 9.17) is 4.98 Å². The average molecular weight is 325 g/mol. The molecule has 25 heavy (non-hydrogen) atoms. The van der Waals surface area contributed by atoms with Crippen molar-refractivity contribution in [1.82, 2.24) is 19.4 Å². The Balaban J connectivity index is 1.82. The van der Waals surface area contributed by atoms with Crippen LogP contribution in [0.2, 0.25) is 0 Å². The molecule has 0 radical (unpaired) electrons. The van der Waals surface area contributed by atoms with Crippen molar-refractivity contribution >= 4 is 39.0 Å². The highest BCUT2D eigenvalue weighted by atomic mass is 15.1. The second-order valence-corrected chi connectivity index (χ2v) is 6.06. The molecule has 5 rings (SSSR count). The largest absolute Gasteiger partial charge is 0.339 e. The summed E-state index contributed by atoms with van der Waals surface area (Å²) in [7, 11) is 0. The third-order valence-electron chi connectivity index (χ3n) is 4.37. The van der Waals surface area contributed by atoms with Gasteiger partial charge in [-0.15, -0.1) is 0 Å². The number of fused-ring (bicyclic) bond motifs is 5. The SMILES string of the molecule is Cc1cc(Nc2nc3cc4ccccc4n3c3cnccc23)ccn1. The number of nitrogens with zero attached hydrogens (tertiary/aromatic N) is 4. The molecule has 5 aromatic rings. The monoisotopic (exact) mass is 325 g/mol. The van der Waals surface area contributed by atoms with Gasteiger partial charge in [0.15, 0.2) is 0 Å². The molecule has 0 unspecified atom stereocenters. The van der Waals surface area contributed by atoms with Gasteiger partial charge in [-0.25, -0.2) is 4.98 Å². The summed E-state index contributed by atoms with van der Waals surface area (Å²) >= 11 is 0. The van der Waals surface area contributed by atoms with Gasteiger partial charge in [0.25, 0.3) is 0 Å². The predicted octanol–water partition coefficient (Wildman–Crippen LogP) is 4.48. The lowest BCUT2D eigenvalue weighted by molar-refractivity contribution is 1.19. The van der Waals surface area contributed by atoms with Crippen LogP contribution in [0.4, 0.5) is 11.5 Å². The molecule has 0 spiro atoms. The standard InChI is InChI=1S/C20H15N5/c1-13-10-15(6-9-22-13)23-20-16-7-8-21-12-18(16)25-17-5-3-2-4-14(17)11-19(25)24-20/h2-12H,1H3,(H,22,23,24). The number of rotatable bonds is 2. The number of anilines is 2. The van der Waals surface area contributed by atoms with Crippen molar-refractivity contribution in [3.8, 4) is 0 Å². The van der Waals surface area contributed by atoms with Crippen molar-refractivity contribution < 1.29 is 0 Å². The number of hydrogen-bond acceptors (Lipinski definition) is 4. The average Bonchev–Trinajstić information content (AvgIpc) is 3.00. The van der Waals surface area contributed by atoms with E-state index in [-0.39, 0.29) is 0 Å². The Hall–Kier alpha value is -3.47. The molecule has 1 aromatic carbocycles. The van der Waals surface area contributed by atoms with Crippen LogP contribution < -0.4 is 5.32 Å². The maximum Gasteiger partial charge on any atom is 0.142 e. The Kier molecular flexibility index (Phi) is 2.94. The number of para-hydroxylation sites is 1. The van der Waals surface area contributed by atoms with Gasteiger partial charge in [0, 0.05) is 34.5 Å². The van der Waals surface area contributed by atoms with Crippen LogP contribution in [0.3, 0.4) is 0 Å². The van der Waals surface area contributed by atoms with Crippen LogP contribution in [0.1, 0.15) is 5.69 Å². The van der Waals surface area contributed by atoms with Gasteiger partial charge in [-0.1, -0.05) is 18.2 Å². The van der Waals surface area contributed by atoms with Crippen molar-refractivity contribution in [2.45, 2.75) is 6.92 Å². The lowest BCUT2D eigenvalue weighted by Gasteiger charge is -2.11. The molecule has 0 aliphatic carbocycles. The summed E-state index contributed by atoms with van der Waals surface area (Å²) in [5.74, 6) is 0.818. The van der Waals surface area contributed by atoms with E-state index in [0.29, 0.717) is 0 Å². The van der Waals surface area contributed by atoms with E-state index in [2.05, 4.69) is 37.9 Å². The zero-order chi connectivity index (χ0) is 16.8. The minimum absolute atomic E-state index is 0.818. The van der Waals surface area contributed by atoms with Crippen molar-refractivity contribution in [3.63, 3.8) is 0 Å². The van der Waals surface area contributed by atoms with Gasteiger partial charge in [0.05, 0.1) is 17.2 Å². The normalized spacial score (nSPS) is 11.4. The predicted molar refractivity (Wildman–Crippen MR) is 100 cm³/mol. The molecule has 0 bridgehead atoms. The second kappa shape index (κ2) is 5.27. The summed E-state index contributed by atoms with van der Waals surface area (Å²) in [6.45, 7) is 1.98. The Bertz CT molecular complexity index is 1240. The molecular formula is C20H15N5. The molecule has 0 saturated carbocycles. The van der Waals surface area contributed by atoms with Gasteiger partial charge in [-0.2, -0.15) is 0 Å². The number of aromatic nitrogens is 4. The number of pyridine rings is 2. The van der Waals surface area contributed by atoms with Gasteiger partial charge in [-0.05, 0) is 37.3 Å².